The third-order valence-corrected chi connectivity index (χ3v) is 4.90. The largest absolute Gasteiger partial charge is 0.504 e. The Morgan fingerprint density at radius 3 is 2.28 bits per heavy atom. The molecule has 0 atom stereocenters. The van der Waals surface area contributed by atoms with Gasteiger partial charge in [-0.15, -0.1) is 0 Å². The Labute approximate surface area is 187 Å². The molecular formula is C25H27NO6. The molecule has 3 rings (SSSR count). The third kappa shape index (κ3) is 6.07. The van der Waals surface area contributed by atoms with E-state index >= 15 is 0 Å². The van der Waals surface area contributed by atoms with Crippen molar-refractivity contribution in [3.8, 4) is 28.7 Å². The van der Waals surface area contributed by atoms with E-state index in [0.717, 1.165) is 16.7 Å². The smallest absolute Gasteiger partial charge is 0.224 e. The summed E-state index contributed by atoms with van der Waals surface area (Å²) < 4.78 is 16.3. The summed E-state index contributed by atoms with van der Waals surface area (Å²) in [5, 5.41) is 22.3. The first-order chi connectivity index (χ1) is 15.5. The van der Waals surface area contributed by atoms with Gasteiger partial charge >= 0.3 is 0 Å². The zero-order chi connectivity index (χ0) is 22.9. The SMILES string of the molecule is COc1ccc(CC(=O)NCCc2cc(O)c(O)c(OC)c2)cc1OCc1ccccc1. The molecule has 0 saturated heterocycles. The first kappa shape index (κ1) is 22.8. The van der Waals surface area contributed by atoms with E-state index in [-0.39, 0.29) is 29.6 Å². The molecule has 7 nitrogen and oxygen atoms in total. The summed E-state index contributed by atoms with van der Waals surface area (Å²) in [5.74, 6) is 0.670. The van der Waals surface area contributed by atoms with Crippen molar-refractivity contribution in [1.82, 2.24) is 5.32 Å². The highest BCUT2D eigenvalue weighted by Gasteiger charge is 2.12. The van der Waals surface area contributed by atoms with Crippen molar-refractivity contribution in [2.75, 3.05) is 20.8 Å². The van der Waals surface area contributed by atoms with Gasteiger partial charge in [0.15, 0.2) is 23.0 Å². The Morgan fingerprint density at radius 1 is 0.844 bits per heavy atom. The van der Waals surface area contributed by atoms with Crippen LogP contribution in [0.25, 0.3) is 0 Å². The van der Waals surface area contributed by atoms with E-state index < -0.39 is 0 Å². The van der Waals surface area contributed by atoms with Crippen LogP contribution < -0.4 is 19.5 Å². The van der Waals surface area contributed by atoms with Crippen LogP contribution in [0.4, 0.5) is 0 Å². The molecule has 3 aromatic rings. The lowest BCUT2D eigenvalue weighted by molar-refractivity contribution is -0.120. The van der Waals surface area contributed by atoms with Gasteiger partial charge in [0.05, 0.1) is 20.6 Å². The molecule has 168 valence electrons. The van der Waals surface area contributed by atoms with Gasteiger partial charge in [-0.25, -0.2) is 0 Å². The molecule has 0 spiro atoms. The van der Waals surface area contributed by atoms with Crippen molar-refractivity contribution in [1.29, 1.82) is 0 Å². The summed E-state index contributed by atoms with van der Waals surface area (Å²) in [7, 11) is 2.99. The van der Waals surface area contributed by atoms with Crippen LogP contribution in [0, 0.1) is 0 Å². The molecule has 0 bridgehead atoms. The van der Waals surface area contributed by atoms with Crippen LogP contribution in [0.1, 0.15) is 16.7 Å². The molecule has 0 aromatic heterocycles. The number of phenolic OH excluding ortho intramolecular Hbond substituents is 2. The fraction of sp³-hybridized carbons (Fsp3) is 0.240. The number of rotatable bonds is 10. The second-order valence-corrected chi connectivity index (χ2v) is 7.20. The number of carbonyl (C=O) groups excluding carboxylic acids is 1. The van der Waals surface area contributed by atoms with E-state index in [1.54, 1.807) is 19.2 Å². The minimum atomic E-state index is -0.301. The number of hydrogen-bond donors (Lipinski definition) is 3. The molecular weight excluding hydrogens is 410 g/mol. The number of phenols is 2. The van der Waals surface area contributed by atoms with Crippen molar-refractivity contribution in [3.63, 3.8) is 0 Å². The standard InChI is InChI=1S/C25H27NO6/c1-30-21-9-8-18(13-22(21)32-16-17-6-4-3-5-7-17)15-24(28)26-11-10-19-12-20(27)25(29)23(14-19)31-2/h3-9,12-14,27,29H,10-11,15-16H2,1-2H3,(H,26,28). The molecule has 0 radical (unpaired) electrons. The minimum Gasteiger partial charge on any atom is -0.504 e. The number of ether oxygens (including phenoxy) is 3. The summed E-state index contributed by atoms with van der Waals surface area (Å²) in [6.45, 7) is 0.773. The normalized spacial score (nSPS) is 10.4. The molecule has 3 aromatic carbocycles. The molecule has 1 amide bonds. The van der Waals surface area contributed by atoms with Gasteiger partial charge < -0.3 is 29.7 Å². The summed E-state index contributed by atoms with van der Waals surface area (Å²) in [6, 6.07) is 18.3. The Bertz CT molecular complexity index is 1050. The molecule has 0 aliphatic carbocycles. The van der Waals surface area contributed by atoms with Gasteiger partial charge in [-0.1, -0.05) is 36.4 Å². The average molecular weight is 437 g/mol. The highest BCUT2D eigenvalue weighted by Crippen LogP contribution is 2.36. The van der Waals surface area contributed by atoms with Gasteiger partial charge in [0.1, 0.15) is 6.61 Å². The second-order valence-electron chi connectivity index (χ2n) is 7.20. The first-order valence-electron chi connectivity index (χ1n) is 10.2. The van der Waals surface area contributed by atoms with Crippen molar-refractivity contribution in [2.45, 2.75) is 19.4 Å². The maximum atomic E-state index is 12.4. The topological polar surface area (TPSA) is 97.3 Å². The molecule has 7 heteroatoms. The number of amides is 1. The van der Waals surface area contributed by atoms with Crippen LogP contribution in [-0.2, 0) is 24.2 Å². The van der Waals surface area contributed by atoms with Gasteiger partial charge in [0.2, 0.25) is 11.7 Å². The lowest BCUT2D eigenvalue weighted by atomic mass is 10.1. The van der Waals surface area contributed by atoms with Crippen molar-refractivity contribution >= 4 is 5.91 Å². The number of aromatic hydroxyl groups is 2. The number of methoxy groups -OCH3 is 2. The van der Waals surface area contributed by atoms with E-state index in [4.69, 9.17) is 14.2 Å². The molecule has 3 N–H and O–H groups in total. The van der Waals surface area contributed by atoms with Crippen LogP contribution in [0.5, 0.6) is 28.7 Å². The molecule has 0 aliphatic rings. The van der Waals surface area contributed by atoms with Crippen LogP contribution in [-0.4, -0.2) is 36.9 Å². The number of carbonyl (C=O) groups is 1. The highest BCUT2D eigenvalue weighted by atomic mass is 16.5. The van der Waals surface area contributed by atoms with Crippen LogP contribution in [0.3, 0.4) is 0 Å². The van der Waals surface area contributed by atoms with Gasteiger partial charge in [-0.2, -0.15) is 0 Å². The van der Waals surface area contributed by atoms with Gasteiger partial charge in [0, 0.05) is 6.54 Å². The fourth-order valence-corrected chi connectivity index (χ4v) is 3.22. The molecule has 0 fully saturated rings. The summed E-state index contributed by atoms with van der Waals surface area (Å²) >= 11 is 0. The third-order valence-electron chi connectivity index (χ3n) is 4.90. The summed E-state index contributed by atoms with van der Waals surface area (Å²) in [6.07, 6.45) is 0.666. The molecule has 0 saturated carbocycles. The minimum absolute atomic E-state index is 0.140. The van der Waals surface area contributed by atoms with Crippen LogP contribution >= 0.6 is 0 Å². The lowest BCUT2D eigenvalue weighted by Crippen LogP contribution is -2.27. The summed E-state index contributed by atoms with van der Waals surface area (Å²) in [5.41, 5.74) is 2.57. The molecule has 0 aliphatic heterocycles. The van der Waals surface area contributed by atoms with E-state index in [0.29, 0.717) is 31.1 Å². The average Bonchev–Trinajstić information content (AvgIpc) is 2.80. The predicted octanol–water partition coefficient (Wildman–Crippen LogP) is 3.60. The summed E-state index contributed by atoms with van der Waals surface area (Å²) in [4.78, 5) is 12.4. The van der Waals surface area contributed by atoms with Crippen molar-refractivity contribution < 1.29 is 29.2 Å². The van der Waals surface area contributed by atoms with Gasteiger partial charge in [0.25, 0.3) is 0 Å². The quantitative estimate of drug-likeness (QED) is 0.420. The number of hydrogen-bond acceptors (Lipinski definition) is 6. The maximum Gasteiger partial charge on any atom is 0.224 e. The second kappa shape index (κ2) is 10.9. The van der Waals surface area contributed by atoms with Crippen LogP contribution in [0.15, 0.2) is 60.7 Å². The fourth-order valence-electron chi connectivity index (χ4n) is 3.22. The van der Waals surface area contributed by atoms with Gasteiger partial charge in [-0.3, -0.25) is 4.79 Å². The molecule has 0 unspecified atom stereocenters. The monoisotopic (exact) mass is 437 g/mol. The maximum absolute atomic E-state index is 12.4. The Kier molecular flexibility index (Phi) is 7.80. The van der Waals surface area contributed by atoms with E-state index in [9.17, 15) is 15.0 Å². The van der Waals surface area contributed by atoms with E-state index in [2.05, 4.69) is 5.32 Å². The number of benzene rings is 3. The lowest BCUT2D eigenvalue weighted by Gasteiger charge is -2.13. The first-order valence-corrected chi connectivity index (χ1v) is 10.2. The Balaban J connectivity index is 1.56. The molecule has 0 heterocycles. The van der Waals surface area contributed by atoms with Crippen molar-refractivity contribution in [2.24, 2.45) is 0 Å². The van der Waals surface area contributed by atoms with E-state index in [1.165, 1.54) is 13.2 Å². The Morgan fingerprint density at radius 2 is 1.56 bits per heavy atom. The zero-order valence-electron chi connectivity index (χ0n) is 18.1. The Hall–Kier alpha value is -3.87. The van der Waals surface area contributed by atoms with Crippen LogP contribution in [0.2, 0.25) is 0 Å². The highest BCUT2D eigenvalue weighted by molar-refractivity contribution is 5.78. The predicted molar refractivity (Wildman–Crippen MR) is 121 cm³/mol. The number of nitrogens with one attached hydrogen (secondary N) is 1. The van der Waals surface area contributed by atoms with Gasteiger partial charge in [-0.05, 0) is 47.4 Å². The van der Waals surface area contributed by atoms with Crippen molar-refractivity contribution in [3.05, 3.63) is 77.4 Å². The zero-order valence-corrected chi connectivity index (χ0v) is 18.1. The molecule has 32 heavy (non-hydrogen) atoms. The van der Waals surface area contributed by atoms with E-state index in [1.807, 2.05) is 42.5 Å².